The van der Waals surface area contributed by atoms with Crippen molar-refractivity contribution in [3.05, 3.63) is 58.0 Å². The highest BCUT2D eigenvalue weighted by atomic mass is 16.5. The summed E-state index contributed by atoms with van der Waals surface area (Å²) in [6, 6.07) is 7.36. The number of pyridine rings is 1. The Kier molecular flexibility index (Phi) is 4.80. The summed E-state index contributed by atoms with van der Waals surface area (Å²) in [5.74, 6) is -0.798. The van der Waals surface area contributed by atoms with Gasteiger partial charge in [0, 0.05) is 24.4 Å². The molecule has 0 radical (unpaired) electrons. The van der Waals surface area contributed by atoms with E-state index in [2.05, 4.69) is 5.32 Å². The van der Waals surface area contributed by atoms with E-state index >= 15 is 0 Å². The SMILES string of the molecule is CCOc1cn(C)c(C(=O)Nc2ccc(C(N)=O)cc2)cc1=O. The lowest BCUT2D eigenvalue weighted by atomic mass is 10.2. The van der Waals surface area contributed by atoms with Crippen LogP contribution in [0.25, 0.3) is 0 Å². The molecular formula is C16H17N3O4. The number of anilines is 1. The minimum atomic E-state index is -0.545. The molecule has 0 fully saturated rings. The van der Waals surface area contributed by atoms with Gasteiger partial charge in [-0.05, 0) is 31.2 Å². The number of aromatic nitrogens is 1. The molecule has 1 aromatic carbocycles. The van der Waals surface area contributed by atoms with E-state index in [4.69, 9.17) is 10.5 Å². The Hall–Kier alpha value is -3.09. The van der Waals surface area contributed by atoms with Gasteiger partial charge in [0.2, 0.25) is 11.3 Å². The second-order valence-electron chi connectivity index (χ2n) is 4.83. The van der Waals surface area contributed by atoms with Gasteiger partial charge >= 0.3 is 0 Å². The highest BCUT2D eigenvalue weighted by Gasteiger charge is 2.13. The number of carbonyl (C=O) groups is 2. The third-order valence-electron chi connectivity index (χ3n) is 3.16. The average molecular weight is 315 g/mol. The zero-order valence-electron chi connectivity index (χ0n) is 12.8. The van der Waals surface area contributed by atoms with Gasteiger partial charge in [-0.2, -0.15) is 0 Å². The third-order valence-corrected chi connectivity index (χ3v) is 3.16. The molecule has 0 spiro atoms. The van der Waals surface area contributed by atoms with Crippen molar-refractivity contribution in [2.24, 2.45) is 12.8 Å². The molecule has 0 aliphatic heterocycles. The van der Waals surface area contributed by atoms with Gasteiger partial charge in [0.15, 0.2) is 5.75 Å². The summed E-state index contributed by atoms with van der Waals surface area (Å²) < 4.78 is 6.71. The first-order valence-electron chi connectivity index (χ1n) is 6.97. The second-order valence-corrected chi connectivity index (χ2v) is 4.83. The monoisotopic (exact) mass is 315 g/mol. The number of aryl methyl sites for hydroxylation is 1. The predicted octanol–water partition coefficient (Wildman–Crippen LogP) is 1.14. The first-order valence-corrected chi connectivity index (χ1v) is 6.97. The number of hydrogen-bond acceptors (Lipinski definition) is 4. The van der Waals surface area contributed by atoms with Gasteiger partial charge in [-0.1, -0.05) is 0 Å². The number of rotatable bonds is 5. The molecule has 1 heterocycles. The first kappa shape index (κ1) is 16.3. The van der Waals surface area contributed by atoms with Crippen LogP contribution in [0.4, 0.5) is 5.69 Å². The van der Waals surface area contributed by atoms with Crippen molar-refractivity contribution in [2.45, 2.75) is 6.92 Å². The fraction of sp³-hybridized carbons (Fsp3) is 0.188. The normalized spacial score (nSPS) is 10.2. The van der Waals surface area contributed by atoms with Crippen LogP contribution in [0.3, 0.4) is 0 Å². The van der Waals surface area contributed by atoms with Crippen LogP contribution in [0, 0.1) is 0 Å². The molecule has 0 saturated carbocycles. The molecule has 0 bridgehead atoms. The number of nitrogens with zero attached hydrogens (tertiary/aromatic N) is 1. The topological polar surface area (TPSA) is 103 Å². The molecule has 23 heavy (non-hydrogen) atoms. The van der Waals surface area contributed by atoms with Gasteiger partial charge in [-0.3, -0.25) is 14.4 Å². The Morgan fingerprint density at radius 2 is 1.91 bits per heavy atom. The number of ether oxygens (including phenoxy) is 1. The highest BCUT2D eigenvalue weighted by molar-refractivity contribution is 6.03. The van der Waals surface area contributed by atoms with Crippen LogP contribution in [0.1, 0.15) is 27.8 Å². The minimum absolute atomic E-state index is 0.192. The van der Waals surface area contributed by atoms with Crippen LogP contribution in [0.5, 0.6) is 5.75 Å². The van der Waals surface area contributed by atoms with E-state index in [-0.39, 0.29) is 16.9 Å². The predicted molar refractivity (Wildman–Crippen MR) is 85.8 cm³/mol. The summed E-state index contributed by atoms with van der Waals surface area (Å²) in [4.78, 5) is 35.2. The van der Waals surface area contributed by atoms with Crippen LogP contribution in [0.15, 0.2) is 41.3 Å². The molecule has 1 aromatic heterocycles. The molecule has 0 atom stereocenters. The van der Waals surface area contributed by atoms with Crippen LogP contribution < -0.4 is 21.2 Å². The third kappa shape index (κ3) is 3.76. The largest absolute Gasteiger partial charge is 0.488 e. The van der Waals surface area contributed by atoms with E-state index in [1.165, 1.54) is 29.0 Å². The number of hydrogen-bond donors (Lipinski definition) is 2. The standard InChI is InChI=1S/C16H17N3O4/c1-3-23-14-9-19(2)12(8-13(14)20)16(22)18-11-6-4-10(5-7-11)15(17)21/h4-9H,3H2,1-2H3,(H2,17,21)(H,18,22). The van der Waals surface area contributed by atoms with Crippen LogP contribution in [-0.2, 0) is 7.05 Å². The molecule has 3 N–H and O–H groups in total. The van der Waals surface area contributed by atoms with E-state index in [0.29, 0.717) is 17.9 Å². The van der Waals surface area contributed by atoms with Crippen molar-refractivity contribution in [3.8, 4) is 5.75 Å². The average Bonchev–Trinajstić information content (AvgIpc) is 2.51. The fourth-order valence-electron chi connectivity index (χ4n) is 2.01. The molecule has 2 amide bonds. The highest BCUT2D eigenvalue weighted by Crippen LogP contribution is 2.12. The van der Waals surface area contributed by atoms with E-state index in [1.807, 2.05) is 0 Å². The lowest BCUT2D eigenvalue weighted by molar-refractivity contribution is 0.0997. The molecular weight excluding hydrogens is 298 g/mol. The van der Waals surface area contributed by atoms with Gasteiger partial charge in [-0.15, -0.1) is 0 Å². The molecule has 0 unspecified atom stereocenters. The summed E-state index contributed by atoms with van der Waals surface area (Å²) >= 11 is 0. The Morgan fingerprint density at radius 1 is 1.26 bits per heavy atom. The van der Waals surface area contributed by atoms with Crippen molar-refractivity contribution in [1.82, 2.24) is 4.57 Å². The molecule has 2 rings (SSSR count). The summed E-state index contributed by atoms with van der Waals surface area (Å²) in [5.41, 5.74) is 5.82. The van der Waals surface area contributed by atoms with Crippen molar-refractivity contribution >= 4 is 17.5 Å². The van der Waals surface area contributed by atoms with Gasteiger partial charge in [0.25, 0.3) is 5.91 Å². The molecule has 7 heteroatoms. The summed E-state index contributed by atoms with van der Waals surface area (Å²) in [7, 11) is 1.65. The zero-order valence-corrected chi connectivity index (χ0v) is 12.8. The van der Waals surface area contributed by atoms with E-state index in [0.717, 1.165) is 0 Å². The Balaban J connectivity index is 2.22. The smallest absolute Gasteiger partial charge is 0.272 e. The maximum Gasteiger partial charge on any atom is 0.272 e. The Labute approximate surface area is 132 Å². The molecule has 2 aromatic rings. The molecule has 7 nitrogen and oxygen atoms in total. The lowest BCUT2D eigenvalue weighted by Gasteiger charge is -2.11. The van der Waals surface area contributed by atoms with Crippen LogP contribution in [0.2, 0.25) is 0 Å². The van der Waals surface area contributed by atoms with Crippen LogP contribution in [-0.4, -0.2) is 23.0 Å². The Bertz CT molecular complexity index is 794. The molecule has 0 saturated heterocycles. The van der Waals surface area contributed by atoms with E-state index in [1.54, 1.807) is 26.1 Å². The molecule has 120 valence electrons. The quantitative estimate of drug-likeness (QED) is 0.863. The van der Waals surface area contributed by atoms with Gasteiger partial charge in [-0.25, -0.2) is 0 Å². The number of primary amides is 1. The van der Waals surface area contributed by atoms with Gasteiger partial charge < -0.3 is 20.4 Å². The van der Waals surface area contributed by atoms with Gasteiger partial charge in [0.05, 0.1) is 12.8 Å². The summed E-state index contributed by atoms with van der Waals surface area (Å²) in [6.07, 6.45) is 1.47. The lowest BCUT2D eigenvalue weighted by Crippen LogP contribution is -2.21. The number of carbonyl (C=O) groups excluding carboxylic acids is 2. The number of nitrogens with two attached hydrogens (primary N) is 1. The number of nitrogens with one attached hydrogen (secondary N) is 1. The summed E-state index contributed by atoms with van der Waals surface area (Å²) in [6.45, 7) is 2.14. The van der Waals surface area contributed by atoms with E-state index < -0.39 is 11.8 Å². The van der Waals surface area contributed by atoms with Crippen molar-refractivity contribution < 1.29 is 14.3 Å². The minimum Gasteiger partial charge on any atom is -0.488 e. The maximum absolute atomic E-state index is 12.3. The maximum atomic E-state index is 12.3. The number of benzene rings is 1. The van der Waals surface area contributed by atoms with Crippen molar-refractivity contribution in [2.75, 3.05) is 11.9 Å². The second kappa shape index (κ2) is 6.78. The van der Waals surface area contributed by atoms with Crippen molar-refractivity contribution in [1.29, 1.82) is 0 Å². The number of amides is 2. The Morgan fingerprint density at radius 3 is 2.48 bits per heavy atom. The first-order chi connectivity index (χ1) is 10.9. The van der Waals surface area contributed by atoms with Gasteiger partial charge in [0.1, 0.15) is 5.69 Å². The zero-order chi connectivity index (χ0) is 17.0. The molecule has 0 aliphatic rings. The van der Waals surface area contributed by atoms with Crippen LogP contribution >= 0.6 is 0 Å². The van der Waals surface area contributed by atoms with Crippen molar-refractivity contribution in [3.63, 3.8) is 0 Å². The fourth-order valence-corrected chi connectivity index (χ4v) is 2.01. The van der Waals surface area contributed by atoms with E-state index in [9.17, 15) is 14.4 Å². The molecule has 0 aliphatic carbocycles. The summed E-state index contributed by atoms with van der Waals surface area (Å²) in [5, 5.41) is 2.65.